The number of thiazole rings is 1. The molecule has 8 heteroatoms. The van der Waals surface area contributed by atoms with Crippen LogP contribution in [0.25, 0.3) is 0 Å². The van der Waals surface area contributed by atoms with Crippen molar-refractivity contribution < 1.29 is 9.59 Å². The molecule has 0 saturated carbocycles. The first kappa shape index (κ1) is 22.6. The average molecular weight is 469 g/mol. The number of carbonyl (C=O) groups excluding carboxylic acids is 2. The largest absolute Gasteiger partial charge is 0.352 e. The molecule has 32 heavy (non-hydrogen) atoms. The molecule has 3 aromatic rings. The Hall–Kier alpha value is -2.58. The molecule has 0 radical (unpaired) electrons. The molecule has 0 bridgehead atoms. The van der Waals surface area contributed by atoms with Gasteiger partial charge in [0.2, 0.25) is 0 Å². The summed E-state index contributed by atoms with van der Waals surface area (Å²) >= 11 is 3.16. The van der Waals surface area contributed by atoms with E-state index in [1.54, 1.807) is 11.3 Å². The van der Waals surface area contributed by atoms with Crippen LogP contribution in [-0.2, 0) is 6.42 Å². The van der Waals surface area contributed by atoms with Gasteiger partial charge in [-0.05, 0) is 63.6 Å². The highest BCUT2D eigenvalue weighted by Crippen LogP contribution is 2.31. The third-order valence-electron chi connectivity index (χ3n) is 5.81. The van der Waals surface area contributed by atoms with Crippen molar-refractivity contribution in [3.05, 3.63) is 67.1 Å². The molecule has 1 N–H and O–H groups in total. The summed E-state index contributed by atoms with van der Waals surface area (Å²) in [6, 6.07) is 7.89. The van der Waals surface area contributed by atoms with Crippen molar-refractivity contribution in [2.75, 3.05) is 19.6 Å². The predicted molar refractivity (Wildman–Crippen MR) is 129 cm³/mol. The molecular formula is C24H28N4O2S2. The molecule has 4 rings (SSSR count). The van der Waals surface area contributed by atoms with Gasteiger partial charge >= 0.3 is 0 Å². The molecule has 0 unspecified atom stereocenters. The lowest BCUT2D eigenvalue weighted by Crippen LogP contribution is -2.38. The summed E-state index contributed by atoms with van der Waals surface area (Å²) in [5.41, 5.74) is 3.22. The summed E-state index contributed by atoms with van der Waals surface area (Å²) in [7, 11) is 0. The summed E-state index contributed by atoms with van der Waals surface area (Å²) in [4.78, 5) is 38.9. The SMILES string of the molecule is Cc1ccc(C(=O)NCCc2cccs2)c(C2CCN(C(=O)c3sc(C)nc3C)CC2)n1. The van der Waals surface area contributed by atoms with Crippen LogP contribution in [0.3, 0.4) is 0 Å². The van der Waals surface area contributed by atoms with Crippen LogP contribution >= 0.6 is 22.7 Å². The molecule has 6 nitrogen and oxygen atoms in total. The first-order valence-corrected chi connectivity index (χ1v) is 12.6. The third-order valence-corrected chi connectivity index (χ3v) is 7.81. The van der Waals surface area contributed by atoms with E-state index in [0.717, 1.165) is 46.2 Å². The fourth-order valence-corrected chi connectivity index (χ4v) is 5.76. The lowest BCUT2D eigenvalue weighted by molar-refractivity contribution is 0.0714. The van der Waals surface area contributed by atoms with Gasteiger partial charge in [-0.25, -0.2) is 4.98 Å². The number of pyridine rings is 1. The summed E-state index contributed by atoms with van der Waals surface area (Å²) in [6.07, 6.45) is 2.43. The quantitative estimate of drug-likeness (QED) is 0.577. The second-order valence-corrected chi connectivity index (χ2v) is 10.4. The van der Waals surface area contributed by atoms with Gasteiger partial charge in [0, 0.05) is 36.1 Å². The van der Waals surface area contributed by atoms with Gasteiger partial charge in [-0.3, -0.25) is 14.6 Å². The van der Waals surface area contributed by atoms with Crippen LogP contribution in [-0.4, -0.2) is 46.3 Å². The smallest absolute Gasteiger partial charge is 0.265 e. The van der Waals surface area contributed by atoms with Crippen molar-refractivity contribution in [1.82, 2.24) is 20.2 Å². The Labute approximate surface area is 196 Å². The number of rotatable bonds is 6. The molecule has 1 aliphatic rings. The molecule has 0 aliphatic carbocycles. The number of piperidine rings is 1. The first-order valence-electron chi connectivity index (χ1n) is 10.9. The number of aromatic nitrogens is 2. The second-order valence-electron chi connectivity index (χ2n) is 8.18. The standard InChI is InChI=1S/C24H28N4O2S2/c1-15-6-7-20(23(29)25-11-8-19-5-4-14-31-19)21(26-15)18-9-12-28(13-10-18)24(30)22-16(2)27-17(3)32-22/h4-7,14,18H,8-13H2,1-3H3,(H,25,29). The third kappa shape index (κ3) is 5.07. The monoisotopic (exact) mass is 468 g/mol. The van der Waals surface area contributed by atoms with E-state index in [4.69, 9.17) is 4.98 Å². The summed E-state index contributed by atoms with van der Waals surface area (Å²) < 4.78 is 0. The molecule has 2 amide bonds. The van der Waals surface area contributed by atoms with Crippen molar-refractivity contribution in [3.63, 3.8) is 0 Å². The zero-order valence-electron chi connectivity index (χ0n) is 18.7. The van der Waals surface area contributed by atoms with Gasteiger partial charge in [0.1, 0.15) is 4.88 Å². The van der Waals surface area contributed by atoms with Crippen molar-refractivity contribution in [3.8, 4) is 0 Å². The molecule has 4 heterocycles. The molecular weight excluding hydrogens is 440 g/mol. The van der Waals surface area contributed by atoms with E-state index in [2.05, 4.69) is 16.4 Å². The van der Waals surface area contributed by atoms with Gasteiger partial charge in [-0.15, -0.1) is 22.7 Å². The van der Waals surface area contributed by atoms with E-state index < -0.39 is 0 Å². The van der Waals surface area contributed by atoms with Crippen LogP contribution in [0.5, 0.6) is 0 Å². The summed E-state index contributed by atoms with van der Waals surface area (Å²) in [5, 5.41) is 6.02. The zero-order chi connectivity index (χ0) is 22.7. The first-order chi connectivity index (χ1) is 15.4. The molecule has 0 spiro atoms. The number of hydrogen-bond acceptors (Lipinski definition) is 6. The number of thiophene rings is 1. The molecule has 0 atom stereocenters. The van der Waals surface area contributed by atoms with Crippen molar-refractivity contribution in [1.29, 1.82) is 0 Å². The average Bonchev–Trinajstić information content (AvgIpc) is 3.42. The number of amides is 2. The van der Waals surface area contributed by atoms with Crippen LogP contribution in [0, 0.1) is 20.8 Å². The number of carbonyl (C=O) groups is 2. The molecule has 0 aromatic carbocycles. The number of hydrogen-bond donors (Lipinski definition) is 1. The maximum absolute atomic E-state index is 12.9. The molecule has 3 aromatic heterocycles. The van der Waals surface area contributed by atoms with E-state index in [1.807, 2.05) is 49.3 Å². The summed E-state index contributed by atoms with van der Waals surface area (Å²) in [6.45, 7) is 7.70. The lowest BCUT2D eigenvalue weighted by Gasteiger charge is -2.32. The predicted octanol–water partition coefficient (Wildman–Crippen LogP) is 4.52. The number of nitrogens with one attached hydrogen (secondary N) is 1. The maximum Gasteiger partial charge on any atom is 0.265 e. The zero-order valence-corrected chi connectivity index (χ0v) is 20.3. The number of nitrogens with zero attached hydrogens (tertiary/aromatic N) is 3. The van der Waals surface area contributed by atoms with Crippen molar-refractivity contribution in [2.45, 2.75) is 46.0 Å². The Balaban J connectivity index is 1.41. The Kier molecular flexibility index (Phi) is 7.01. The van der Waals surface area contributed by atoms with Crippen LogP contribution in [0.1, 0.15) is 65.8 Å². The maximum atomic E-state index is 12.9. The van der Waals surface area contributed by atoms with E-state index in [9.17, 15) is 9.59 Å². The van der Waals surface area contributed by atoms with Gasteiger partial charge in [0.15, 0.2) is 0 Å². The second kappa shape index (κ2) is 9.92. The van der Waals surface area contributed by atoms with Gasteiger partial charge < -0.3 is 10.2 Å². The van der Waals surface area contributed by atoms with Gasteiger partial charge in [0.25, 0.3) is 11.8 Å². The Morgan fingerprint density at radius 3 is 2.56 bits per heavy atom. The Morgan fingerprint density at radius 2 is 1.91 bits per heavy atom. The van der Waals surface area contributed by atoms with Gasteiger partial charge in [-0.2, -0.15) is 0 Å². The van der Waals surface area contributed by atoms with Crippen LogP contribution in [0.2, 0.25) is 0 Å². The van der Waals surface area contributed by atoms with E-state index in [-0.39, 0.29) is 17.7 Å². The fourth-order valence-electron chi connectivity index (χ4n) is 4.16. The van der Waals surface area contributed by atoms with Crippen molar-refractivity contribution >= 4 is 34.5 Å². The van der Waals surface area contributed by atoms with Crippen LogP contribution in [0.15, 0.2) is 29.6 Å². The van der Waals surface area contributed by atoms with Crippen molar-refractivity contribution in [2.24, 2.45) is 0 Å². The fraction of sp³-hybridized carbons (Fsp3) is 0.417. The van der Waals surface area contributed by atoms with Crippen LogP contribution in [0.4, 0.5) is 0 Å². The molecule has 1 fully saturated rings. The van der Waals surface area contributed by atoms with E-state index >= 15 is 0 Å². The minimum atomic E-state index is -0.0710. The number of likely N-dealkylation sites (tertiary alicyclic amines) is 1. The minimum absolute atomic E-state index is 0.0651. The van der Waals surface area contributed by atoms with Crippen LogP contribution < -0.4 is 5.32 Å². The van der Waals surface area contributed by atoms with E-state index in [0.29, 0.717) is 25.2 Å². The Bertz CT molecular complexity index is 1100. The van der Waals surface area contributed by atoms with Gasteiger partial charge in [-0.1, -0.05) is 6.07 Å². The van der Waals surface area contributed by atoms with E-state index in [1.165, 1.54) is 16.2 Å². The highest BCUT2D eigenvalue weighted by Gasteiger charge is 2.29. The van der Waals surface area contributed by atoms with Gasteiger partial charge in [0.05, 0.1) is 22.0 Å². The minimum Gasteiger partial charge on any atom is -0.352 e. The molecule has 168 valence electrons. The lowest BCUT2D eigenvalue weighted by atomic mass is 9.89. The Morgan fingerprint density at radius 1 is 1.12 bits per heavy atom. The summed E-state index contributed by atoms with van der Waals surface area (Å²) in [5.74, 6) is 0.162. The normalized spacial score (nSPS) is 14.5. The molecule has 1 saturated heterocycles. The highest BCUT2D eigenvalue weighted by molar-refractivity contribution is 7.13. The topological polar surface area (TPSA) is 75.2 Å². The molecule has 1 aliphatic heterocycles. The number of aryl methyl sites for hydroxylation is 3. The highest BCUT2D eigenvalue weighted by atomic mass is 32.1.